The number of aliphatic imine (C=N–C) groups is 1. The molecule has 1 amide bonds. The Balaban J connectivity index is 0.00000280. The maximum Gasteiger partial charge on any atom is 0.222 e. The summed E-state index contributed by atoms with van der Waals surface area (Å²) in [6.07, 6.45) is 1.40. The van der Waals surface area contributed by atoms with E-state index < -0.39 is 0 Å². The number of piperidine rings is 1. The SMILES string of the molecule is CN=C(NCc1cc(N(C)C)nc2ccccc12)NC1CCC(=O)N(C)C1.I. The van der Waals surface area contributed by atoms with Crippen LogP contribution in [-0.2, 0) is 11.3 Å². The van der Waals surface area contributed by atoms with Gasteiger partial charge >= 0.3 is 0 Å². The Morgan fingerprint density at radius 2 is 2.11 bits per heavy atom. The lowest BCUT2D eigenvalue weighted by Crippen LogP contribution is -2.51. The summed E-state index contributed by atoms with van der Waals surface area (Å²) in [5.41, 5.74) is 2.15. The van der Waals surface area contributed by atoms with Crippen molar-refractivity contribution in [1.29, 1.82) is 0 Å². The first-order chi connectivity index (χ1) is 13.0. The van der Waals surface area contributed by atoms with E-state index >= 15 is 0 Å². The second kappa shape index (κ2) is 9.90. The largest absolute Gasteiger partial charge is 0.363 e. The van der Waals surface area contributed by atoms with Gasteiger partial charge in [0.15, 0.2) is 5.96 Å². The highest BCUT2D eigenvalue weighted by atomic mass is 127. The van der Waals surface area contributed by atoms with E-state index in [4.69, 9.17) is 4.98 Å². The van der Waals surface area contributed by atoms with Gasteiger partial charge in [-0.1, -0.05) is 18.2 Å². The van der Waals surface area contributed by atoms with Crippen LogP contribution in [0.4, 0.5) is 5.82 Å². The van der Waals surface area contributed by atoms with Crippen molar-refractivity contribution in [3.63, 3.8) is 0 Å². The fourth-order valence-electron chi connectivity index (χ4n) is 3.30. The van der Waals surface area contributed by atoms with Gasteiger partial charge in [-0.3, -0.25) is 9.79 Å². The second-order valence-electron chi connectivity index (χ2n) is 7.13. The summed E-state index contributed by atoms with van der Waals surface area (Å²) in [5.74, 6) is 1.88. The summed E-state index contributed by atoms with van der Waals surface area (Å²) in [7, 11) is 7.60. The number of halogens is 1. The zero-order valence-corrected chi connectivity index (χ0v) is 19.2. The van der Waals surface area contributed by atoms with Crippen LogP contribution in [0, 0.1) is 0 Å². The zero-order valence-electron chi connectivity index (χ0n) is 16.9. The van der Waals surface area contributed by atoms with Crippen LogP contribution in [0.1, 0.15) is 18.4 Å². The van der Waals surface area contributed by atoms with Crippen molar-refractivity contribution in [2.75, 3.05) is 39.6 Å². The summed E-state index contributed by atoms with van der Waals surface area (Å²) < 4.78 is 0. The lowest BCUT2D eigenvalue weighted by molar-refractivity contribution is -0.132. The molecule has 0 saturated carbocycles. The van der Waals surface area contributed by atoms with Crippen LogP contribution in [0.25, 0.3) is 10.9 Å². The number of amides is 1. The minimum Gasteiger partial charge on any atom is -0.363 e. The minimum atomic E-state index is 0. The van der Waals surface area contributed by atoms with Gasteiger partial charge in [0, 0.05) is 59.1 Å². The molecule has 7 nitrogen and oxygen atoms in total. The average molecular weight is 496 g/mol. The predicted molar refractivity (Wildman–Crippen MR) is 125 cm³/mol. The molecule has 1 fully saturated rings. The summed E-state index contributed by atoms with van der Waals surface area (Å²) in [6, 6.07) is 10.5. The first kappa shape index (κ1) is 22.2. The topological polar surface area (TPSA) is 72.9 Å². The summed E-state index contributed by atoms with van der Waals surface area (Å²) in [6.45, 7) is 1.34. The number of hydrogen-bond donors (Lipinski definition) is 2. The van der Waals surface area contributed by atoms with Crippen LogP contribution in [0.5, 0.6) is 0 Å². The highest BCUT2D eigenvalue weighted by Crippen LogP contribution is 2.22. The number of carbonyl (C=O) groups excluding carboxylic acids is 1. The van der Waals surface area contributed by atoms with Gasteiger partial charge in [0.1, 0.15) is 5.82 Å². The van der Waals surface area contributed by atoms with E-state index in [9.17, 15) is 4.79 Å². The quantitative estimate of drug-likeness (QED) is 0.386. The number of guanidine groups is 1. The van der Waals surface area contributed by atoms with Gasteiger partial charge < -0.3 is 20.4 Å². The van der Waals surface area contributed by atoms with Crippen LogP contribution in [0.3, 0.4) is 0 Å². The van der Waals surface area contributed by atoms with E-state index in [1.165, 1.54) is 5.56 Å². The molecule has 28 heavy (non-hydrogen) atoms. The van der Waals surface area contributed by atoms with Crippen molar-refractivity contribution in [2.45, 2.75) is 25.4 Å². The number of carbonyl (C=O) groups is 1. The highest BCUT2D eigenvalue weighted by Gasteiger charge is 2.23. The van der Waals surface area contributed by atoms with Crippen LogP contribution in [0.15, 0.2) is 35.3 Å². The number of fused-ring (bicyclic) bond motifs is 1. The Morgan fingerprint density at radius 3 is 2.79 bits per heavy atom. The Morgan fingerprint density at radius 1 is 1.36 bits per heavy atom. The molecule has 1 unspecified atom stereocenters. The molecule has 1 aromatic carbocycles. The van der Waals surface area contributed by atoms with Gasteiger partial charge in [-0.25, -0.2) is 4.98 Å². The van der Waals surface area contributed by atoms with Gasteiger partial charge in [0.25, 0.3) is 0 Å². The molecule has 0 spiro atoms. The number of hydrogen-bond acceptors (Lipinski definition) is 4. The molecule has 2 heterocycles. The molecule has 1 aliphatic rings. The van der Waals surface area contributed by atoms with Crippen LogP contribution < -0.4 is 15.5 Å². The van der Waals surface area contributed by atoms with E-state index in [-0.39, 0.29) is 35.9 Å². The number of likely N-dealkylation sites (N-methyl/N-ethyl adjacent to an activating group) is 1. The first-order valence-corrected chi connectivity index (χ1v) is 9.25. The molecular weight excluding hydrogens is 467 g/mol. The average Bonchev–Trinajstić information content (AvgIpc) is 2.67. The number of aromatic nitrogens is 1. The van der Waals surface area contributed by atoms with Crippen molar-refractivity contribution in [3.8, 4) is 0 Å². The molecule has 3 rings (SSSR count). The van der Waals surface area contributed by atoms with Crippen molar-refractivity contribution >= 4 is 52.6 Å². The van der Waals surface area contributed by atoms with E-state index in [1.54, 1.807) is 11.9 Å². The number of nitrogens with one attached hydrogen (secondary N) is 2. The monoisotopic (exact) mass is 496 g/mol. The van der Waals surface area contributed by atoms with Gasteiger partial charge in [-0.2, -0.15) is 0 Å². The molecule has 152 valence electrons. The molecule has 0 bridgehead atoms. The molecule has 1 aromatic heterocycles. The third-order valence-corrected chi connectivity index (χ3v) is 4.88. The standard InChI is InChI=1S/C20H28N6O.HI/c1-21-20(23-15-9-10-19(27)26(4)13-15)22-12-14-11-18(25(2)3)24-17-8-6-5-7-16(14)17;/h5-8,11,15H,9-10,12-13H2,1-4H3,(H2,21,22,23);1H. The number of nitrogens with zero attached hydrogens (tertiary/aromatic N) is 4. The zero-order chi connectivity index (χ0) is 19.4. The fraction of sp³-hybridized carbons (Fsp3) is 0.450. The lowest BCUT2D eigenvalue weighted by Gasteiger charge is -2.31. The summed E-state index contributed by atoms with van der Waals surface area (Å²) in [5, 5.41) is 7.97. The number of rotatable bonds is 4. The number of para-hydroxylation sites is 1. The molecule has 1 atom stereocenters. The van der Waals surface area contributed by atoms with E-state index in [1.807, 2.05) is 44.2 Å². The first-order valence-electron chi connectivity index (χ1n) is 9.25. The molecule has 0 radical (unpaired) electrons. The minimum absolute atomic E-state index is 0. The van der Waals surface area contributed by atoms with E-state index in [0.29, 0.717) is 19.5 Å². The van der Waals surface area contributed by atoms with Gasteiger partial charge in [-0.15, -0.1) is 24.0 Å². The Kier molecular flexibility index (Phi) is 7.85. The summed E-state index contributed by atoms with van der Waals surface area (Å²) in [4.78, 5) is 24.5. The second-order valence-corrected chi connectivity index (χ2v) is 7.13. The molecule has 0 aliphatic carbocycles. The fourth-order valence-corrected chi connectivity index (χ4v) is 3.30. The molecule has 2 aromatic rings. The number of likely N-dealkylation sites (tertiary alicyclic amines) is 1. The smallest absolute Gasteiger partial charge is 0.222 e. The van der Waals surface area contributed by atoms with Crippen molar-refractivity contribution in [2.24, 2.45) is 4.99 Å². The molecule has 1 saturated heterocycles. The third-order valence-electron chi connectivity index (χ3n) is 4.88. The van der Waals surface area contributed by atoms with E-state index in [2.05, 4.69) is 27.8 Å². The molecular formula is C20H29IN6O. The summed E-state index contributed by atoms with van der Waals surface area (Å²) >= 11 is 0. The van der Waals surface area contributed by atoms with Crippen molar-refractivity contribution < 1.29 is 4.79 Å². The maximum absolute atomic E-state index is 11.7. The molecule has 8 heteroatoms. The maximum atomic E-state index is 11.7. The predicted octanol–water partition coefficient (Wildman–Crippen LogP) is 2.20. The van der Waals surface area contributed by atoms with Crippen LogP contribution in [-0.4, -0.2) is 62.5 Å². The lowest BCUT2D eigenvalue weighted by atomic mass is 10.1. The normalized spacial score (nSPS) is 17.3. The van der Waals surface area contributed by atoms with Gasteiger partial charge in [0.05, 0.1) is 5.52 Å². The molecule has 2 N–H and O–H groups in total. The molecule has 1 aliphatic heterocycles. The van der Waals surface area contributed by atoms with Crippen molar-refractivity contribution in [1.82, 2.24) is 20.5 Å². The van der Waals surface area contributed by atoms with Crippen molar-refractivity contribution in [3.05, 3.63) is 35.9 Å². The number of anilines is 1. The Labute approximate surface area is 183 Å². The number of benzene rings is 1. The Hall–Kier alpha value is -2.10. The van der Waals surface area contributed by atoms with Crippen LogP contribution in [0.2, 0.25) is 0 Å². The Bertz CT molecular complexity index is 854. The van der Waals surface area contributed by atoms with Crippen LogP contribution >= 0.6 is 24.0 Å². The van der Waals surface area contributed by atoms with Gasteiger partial charge in [0.2, 0.25) is 5.91 Å². The van der Waals surface area contributed by atoms with Gasteiger partial charge in [-0.05, 0) is 24.1 Å². The number of pyridine rings is 1. The van der Waals surface area contributed by atoms with E-state index in [0.717, 1.165) is 29.1 Å². The highest BCUT2D eigenvalue weighted by molar-refractivity contribution is 14.0. The third kappa shape index (κ3) is 5.24.